The fourth-order valence-corrected chi connectivity index (χ4v) is 2.98. The highest BCUT2D eigenvalue weighted by molar-refractivity contribution is 5.41. The van der Waals surface area contributed by atoms with E-state index in [-0.39, 0.29) is 5.75 Å². The third kappa shape index (κ3) is 3.21. The third-order valence-electron chi connectivity index (χ3n) is 4.41. The van der Waals surface area contributed by atoms with Gasteiger partial charge in [-0.1, -0.05) is 6.07 Å². The van der Waals surface area contributed by atoms with Gasteiger partial charge in [0.05, 0.1) is 7.11 Å². The van der Waals surface area contributed by atoms with Gasteiger partial charge in [0.2, 0.25) is 0 Å². The van der Waals surface area contributed by atoms with Crippen LogP contribution in [0.2, 0.25) is 0 Å². The summed E-state index contributed by atoms with van der Waals surface area (Å²) in [5, 5.41) is 13.1. The molecule has 0 heterocycles. The standard InChI is InChI=1S/C16H23NO2/c1-19-16-8-11(2-7-15(16)18)9-17-10-14(12-3-4-12)13-5-6-13/h2,7-8,12-14,17-18H,3-6,9-10H2,1H3. The van der Waals surface area contributed by atoms with Gasteiger partial charge in [-0.2, -0.15) is 0 Å². The van der Waals surface area contributed by atoms with Gasteiger partial charge in [0.25, 0.3) is 0 Å². The molecule has 1 aromatic carbocycles. The Labute approximate surface area is 115 Å². The quantitative estimate of drug-likeness (QED) is 0.793. The molecular weight excluding hydrogens is 238 g/mol. The molecule has 1 aromatic rings. The fourth-order valence-electron chi connectivity index (χ4n) is 2.98. The molecule has 0 saturated heterocycles. The molecule has 0 aromatic heterocycles. The smallest absolute Gasteiger partial charge is 0.160 e. The first kappa shape index (κ1) is 12.8. The van der Waals surface area contributed by atoms with Crippen LogP contribution in [0.1, 0.15) is 31.2 Å². The van der Waals surface area contributed by atoms with Crippen molar-refractivity contribution in [3.8, 4) is 11.5 Å². The molecule has 2 aliphatic carbocycles. The van der Waals surface area contributed by atoms with Crippen molar-refractivity contribution < 1.29 is 9.84 Å². The summed E-state index contributed by atoms with van der Waals surface area (Å²) < 4.78 is 5.13. The lowest BCUT2D eigenvalue weighted by molar-refractivity contribution is 0.370. The first-order chi connectivity index (χ1) is 9.28. The summed E-state index contributed by atoms with van der Waals surface area (Å²) in [6.45, 7) is 1.99. The number of aromatic hydroxyl groups is 1. The zero-order valence-electron chi connectivity index (χ0n) is 11.6. The molecular formula is C16H23NO2. The van der Waals surface area contributed by atoms with Crippen LogP contribution in [-0.2, 0) is 6.54 Å². The molecule has 0 atom stereocenters. The minimum Gasteiger partial charge on any atom is -0.504 e. The fraction of sp³-hybridized carbons (Fsp3) is 0.625. The van der Waals surface area contributed by atoms with E-state index in [2.05, 4.69) is 5.32 Å². The van der Waals surface area contributed by atoms with Crippen LogP contribution in [0.5, 0.6) is 11.5 Å². The summed E-state index contributed by atoms with van der Waals surface area (Å²) in [4.78, 5) is 0. The van der Waals surface area contributed by atoms with Crippen LogP contribution >= 0.6 is 0 Å². The first-order valence-corrected chi connectivity index (χ1v) is 7.34. The molecule has 0 unspecified atom stereocenters. The number of ether oxygens (including phenoxy) is 1. The lowest BCUT2D eigenvalue weighted by Crippen LogP contribution is -2.25. The first-order valence-electron chi connectivity index (χ1n) is 7.34. The zero-order chi connectivity index (χ0) is 13.2. The zero-order valence-corrected chi connectivity index (χ0v) is 11.6. The number of rotatable bonds is 7. The van der Waals surface area contributed by atoms with Crippen molar-refractivity contribution in [2.24, 2.45) is 17.8 Å². The second-order valence-electron chi connectivity index (χ2n) is 5.98. The largest absolute Gasteiger partial charge is 0.504 e. The maximum Gasteiger partial charge on any atom is 0.160 e. The molecule has 2 saturated carbocycles. The molecule has 0 radical (unpaired) electrons. The normalized spacial score (nSPS) is 18.8. The molecule has 3 nitrogen and oxygen atoms in total. The van der Waals surface area contributed by atoms with E-state index in [0.717, 1.165) is 30.8 Å². The topological polar surface area (TPSA) is 41.5 Å². The van der Waals surface area contributed by atoms with Gasteiger partial charge in [-0.15, -0.1) is 0 Å². The Morgan fingerprint density at radius 3 is 2.53 bits per heavy atom. The van der Waals surface area contributed by atoms with Gasteiger partial charge < -0.3 is 15.2 Å². The third-order valence-corrected chi connectivity index (χ3v) is 4.41. The van der Waals surface area contributed by atoms with E-state index in [4.69, 9.17) is 4.74 Å². The second-order valence-corrected chi connectivity index (χ2v) is 5.98. The molecule has 2 aliphatic rings. The molecule has 2 fully saturated rings. The van der Waals surface area contributed by atoms with Gasteiger partial charge in [0.15, 0.2) is 11.5 Å². The van der Waals surface area contributed by atoms with Crippen LogP contribution in [0, 0.1) is 17.8 Å². The summed E-state index contributed by atoms with van der Waals surface area (Å²) in [6.07, 6.45) is 5.76. The van der Waals surface area contributed by atoms with Crippen molar-refractivity contribution in [2.75, 3.05) is 13.7 Å². The van der Waals surface area contributed by atoms with Crippen LogP contribution in [0.4, 0.5) is 0 Å². The van der Waals surface area contributed by atoms with Crippen LogP contribution in [0.15, 0.2) is 18.2 Å². The summed E-state index contributed by atoms with van der Waals surface area (Å²) in [5.74, 6) is 3.66. The van der Waals surface area contributed by atoms with E-state index in [0.29, 0.717) is 5.75 Å². The van der Waals surface area contributed by atoms with Crippen molar-refractivity contribution in [3.05, 3.63) is 23.8 Å². The van der Waals surface area contributed by atoms with Gasteiger partial charge in [-0.25, -0.2) is 0 Å². The van der Waals surface area contributed by atoms with E-state index < -0.39 is 0 Å². The van der Waals surface area contributed by atoms with Crippen LogP contribution in [-0.4, -0.2) is 18.8 Å². The highest BCUT2D eigenvalue weighted by atomic mass is 16.5. The molecule has 104 valence electrons. The number of phenolic OH excluding ortho intramolecular Hbond substituents is 1. The summed E-state index contributed by atoms with van der Waals surface area (Å²) in [7, 11) is 1.59. The van der Waals surface area contributed by atoms with E-state index in [1.165, 1.54) is 31.2 Å². The van der Waals surface area contributed by atoms with Crippen LogP contribution < -0.4 is 10.1 Å². The van der Waals surface area contributed by atoms with Crippen molar-refractivity contribution in [1.82, 2.24) is 5.32 Å². The Morgan fingerprint density at radius 2 is 1.95 bits per heavy atom. The Kier molecular flexibility index (Phi) is 3.65. The van der Waals surface area contributed by atoms with Gasteiger partial charge in [0, 0.05) is 6.54 Å². The van der Waals surface area contributed by atoms with E-state index >= 15 is 0 Å². The lowest BCUT2D eigenvalue weighted by Gasteiger charge is -2.16. The Morgan fingerprint density at radius 1 is 1.26 bits per heavy atom. The number of methoxy groups -OCH3 is 1. The van der Waals surface area contributed by atoms with Crippen LogP contribution in [0.3, 0.4) is 0 Å². The number of hydrogen-bond donors (Lipinski definition) is 2. The Hall–Kier alpha value is -1.22. The Bertz CT molecular complexity index is 426. The minimum atomic E-state index is 0.208. The highest BCUT2D eigenvalue weighted by Gasteiger charge is 2.40. The predicted molar refractivity (Wildman–Crippen MR) is 75.3 cm³/mol. The van der Waals surface area contributed by atoms with Crippen LogP contribution in [0.25, 0.3) is 0 Å². The van der Waals surface area contributed by atoms with E-state index in [1.54, 1.807) is 13.2 Å². The van der Waals surface area contributed by atoms with Gasteiger partial charge in [-0.05, 0) is 67.7 Å². The van der Waals surface area contributed by atoms with Crippen molar-refractivity contribution >= 4 is 0 Å². The maximum atomic E-state index is 9.57. The molecule has 2 N–H and O–H groups in total. The second kappa shape index (κ2) is 5.41. The van der Waals surface area contributed by atoms with Crippen molar-refractivity contribution in [3.63, 3.8) is 0 Å². The van der Waals surface area contributed by atoms with E-state index in [9.17, 15) is 5.11 Å². The number of hydrogen-bond acceptors (Lipinski definition) is 3. The average Bonchev–Trinajstić information content (AvgIpc) is 3.28. The minimum absolute atomic E-state index is 0.208. The predicted octanol–water partition coefficient (Wildman–Crippen LogP) is 2.93. The molecule has 0 amide bonds. The number of phenols is 1. The molecule has 3 rings (SSSR count). The summed E-state index contributed by atoms with van der Waals surface area (Å²) in [5.41, 5.74) is 1.17. The SMILES string of the molecule is COc1cc(CNCC(C2CC2)C2CC2)ccc1O. The molecule has 19 heavy (non-hydrogen) atoms. The van der Waals surface area contributed by atoms with Crippen molar-refractivity contribution in [1.29, 1.82) is 0 Å². The Balaban J connectivity index is 1.51. The van der Waals surface area contributed by atoms with Gasteiger partial charge >= 0.3 is 0 Å². The maximum absolute atomic E-state index is 9.57. The van der Waals surface area contributed by atoms with Crippen molar-refractivity contribution in [2.45, 2.75) is 32.2 Å². The number of benzene rings is 1. The van der Waals surface area contributed by atoms with E-state index in [1.807, 2.05) is 12.1 Å². The monoisotopic (exact) mass is 261 g/mol. The molecule has 0 aliphatic heterocycles. The van der Waals surface area contributed by atoms with Gasteiger partial charge in [0.1, 0.15) is 0 Å². The molecule has 0 bridgehead atoms. The molecule has 0 spiro atoms. The highest BCUT2D eigenvalue weighted by Crippen LogP contribution is 2.48. The molecule has 3 heteroatoms. The number of nitrogens with one attached hydrogen (secondary N) is 1. The summed E-state index contributed by atoms with van der Waals surface area (Å²) in [6, 6.07) is 5.56. The van der Waals surface area contributed by atoms with Gasteiger partial charge in [-0.3, -0.25) is 0 Å². The lowest BCUT2D eigenvalue weighted by atomic mass is 9.98. The summed E-state index contributed by atoms with van der Waals surface area (Å²) >= 11 is 0. The average molecular weight is 261 g/mol.